The van der Waals surface area contributed by atoms with Crippen LogP contribution in [0, 0.1) is 11.6 Å². The van der Waals surface area contributed by atoms with Crippen molar-refractivity contribution in [2.45, 2.75) is 25.3 Å². The number of rotatable bonds is 5. The first-order valence-electron chi connectivity index (χ1n) is 11.2. The lowest BCUT2D eigenvalue weighted by atomic mass is 9.78. The van der Waals surface area contributed by atoms with Crippen LogP contribution in [0.15, 0.2) is 36.5 Å². The fourth-order valence-electron chi connectivity index (χ4n) is 4.64. The second-order valence-corrected chi connectivity index (χ2v) is 8.38. The van der Waals surface area contributed by atoms with Crippen molar-refractivity contribution in [3.8, 4) is 17.4 Å². The minimum atomic E-state index is -1.60. The Morgan fingerprint density at radius 3 is 2.92 bits per heavy atom. The third-order valence-electron chi connectivity index (χ3n) is 6.31. The summed E-state index contributed by atoms with van der Waals surface area (Å²) in [5.41, 5.74) is -0.584. The highest BCUT2D eigenvalue weighted by Gasteiger charge is 2.59. The molecule has 0 aliphatic carbocycles. The zero-order valence-electron chi connectivity index (χ0n) is 18.9. The maximum atomic E-state index is 14.3. The van der Waals surface area contributed by atoms with Crippen molar-refractivity contribution >= 4 is 28.7 Å². The lowest BCUT2D eigenvalue weighted by molar-refractivity contribution is -0.154. The standard InChI is InChI=1S/C24H18F2N6O4/c1-2-35-23(34)24-7-8-36-21-16(24)18(30-22(24)33)28-19(29-21)17-14-9-13(25)10-27-20(14)32(31-17)11-12-5-3-4-6-15(12)26/h3-6,9-10H,2,7-8,11H2,1H3,(H,28,29,30,33)/t24-/m0/s1. The van der Waals surface area contributed by atoms with Gasteiger partial charge in [-0.2, -0.15) is 10.1 Å². The molecule has 6 rings (SSSR count). The van der Waals surface area contributed by atoms with Crippen LogP contribution in [0.1, 0.15) is 24.5 Å². The van der Waals surface area contributed by atoms with Gasteiger partial charge in [-0.3, -0.25) is 9.59 Å². The smallest absolute Gasteiger partial charge is 0.326 e. The molecule has 2 aliphatic rings. The summed E-state index contributed by atoms with van der Waals surface area (Å²) in [6.07, 6.45) is 1.12. The molecule has 0 radical (unpaired) electrons. The van der Waals surface area contributed by atoms with Crippen LogP contribution in [0.2, 0.25) is 0 Å². The molecule has 10 nitrogen and oxygen atoms in total. The number of pyridine rings is 1. The van der Waals surface area contributed by atoms with Crippen LogP contribution in [0.5, 0.6) is 5.88 Å². The molecule has 12 heteroatoms. The SMILES string of the molecule is CCOC(=O)[C@@]12CCOc3nc(-c4nn(Cc5ccccc5F)c5ncc(F)cc45)nc(c31)NC2=O. The molecule has 3 aromatic heterocycles. The molecular formula is C24H18F2N6O4. The highest BCUT2D eigenvalue weighted by atomic mass is 19.1. The van der Waals surface area contributed by atoms with Crippen molar-refractivity contribution in [2.75, 3.05) is 18.5 Å². The van der Waals surface area contributed by atoms with E-state index in [1.807, 2.05) is 0 Å². The lowest BCUT2D eigenvalue weighted by Gasteiger charge is -2.29. The number of halogens is 2. The van der Waals surface area contributed by atoms with E-state index in [1.165, 1.54) is 16.8 Å². The lowest BCUT2D eigenvalue weighted by Crippen LogP contribution is -2.47. The Balaban J connectivity index is 1.51. The Hall–Kier alpha value is -4.48. The molecule has 0 saturated heterocycles. The monoisotopic (exact) mass is 492 g/mol. The van der Waals surface area contributed by atoms with E-state index >= 15 is 0 Å². The molecule has 1 amide bonds. The van der Waals surface area contributed by atoms with Gasteiger partial charge in [-0.05, 0) is 19.1 Å². The molecule has 0 spiro atoms. The number of carbonyl (C=O) groups is 2. The van der Waals surface area contributed by atoms with Crippen molar-refractivity contribution in [1.82, 2.24) is 24.7 Å². The third-order valence-corrected chi connectivity index (χ3v) is 6.31. The van der Waals surface area contributed by atoms with Gasteiger partial charge in [-0.25, -0.2) is 23.4 Å². The normalized spacial score (nSPS) is 18.0. The summed E-state index contributed by atoms with van der Waals surface area (Å²) < 4.78 is 40.8. The van der Waals surface area contributed by atoms with E-state index in [9.17, 15) is 18.4 Å². The van der Waals surface area contributed by atoms with E-state index in [-0.39, 0.29) is 60.3 Å². The van der Waals surface area contributed by atoms with E-state index in [4.69, 9.17) is 9.47 Å². The van der Waals surface area contributed by atoms with Crippen molar-refractivity contribution in [3.05, 3.63) is 59.3 Å². The summed E-state index contributed by atoms with van der Waals surface area (Å²) in [5, 5.41) is 7.44. The number of hydrogen-bond donors (Lipinski definition) is 1. The zero-order chi connectivity index (χ0) is 25.0. The van der Waals surface area contributed by atoms with E-state index in [0.717, 1.165) is 6.20 Å². The Kier molecular flexibility index (Phi) is 4.92. The largest absolute Gasteiger partial charge is 0.477 e. The van der Waals surface area contributed by atoms with Crippen LogP contribution >= 0.6 is 0 Å². The molecule has 0 saturated carbocycles. The number of anilines is 1. The van der Waals surface area contributed by atoms with Crippen LogP contribution in [-0.4, -0.2) is 49.8 Å². The molecule has 0 bridgehead atoms. The average Bonchev–Trinajstić information content (AvgIpc) is 3.36. The Morgan fingerprint density at radius 2 is 2.11 bits per heavy atom. The van der Waals surface area contributed by atoms with Crippen LogP contribution in [-0.2, 0) is 26.3 Å². The molecule has 2 aliphatic heterocycles. The first-order valence-corrected chi connectivity index (χ1v) is 11.2. The Labute approximate surface area is 202 Å². The van der Waals surface area contributed by atoms with Gasteiger partial charge in [0, 0.05) is 12.0 Å². The molecule has 36 heavy (non-hydrogen) atoms. The van der Waals surface area contributed by atoms with Crippen molar-refractivity contribution < 1.29 is 27.8 Å². The second kappa shape index (κ2) is 8.04. The van der Waals surface area contributed by atoms with E-state index < -0.39 is 28.9 Å². The van der Waals surface area contributed by atoms with Gasteiger partial charge >= 0.3 is 5.97 Å². The molecule has 1 atom stereocenters. The number of hydrogen-bond acceptors (Lipinski definition) is 8. The molecule has 0 fully saturated rings. The fourth-order valence-corrected chi connectivity index (χ4v) is 4.64. The van der Waals surface area contributed by atoms with Crippen molar-refractivity contribution in [1.29, 1.82) is 0 Å². The summed E-state index contributed by atoms with van der Waals surface area (Å²) in [4.78, 5) is 38.8. The third kappa shape index (κ3) is 3.13. The maximum absolute atomic E-state index is 14.3. The van der Waals surface area contributed by atoms with Gasteiger partial charge in [-0.15, -0.1) is 0 Å². The van der Waals surface area contributed by atoms with Gasteiger partial charge in [-0.1, -0.05) is 18.2 Å². The minimum absolute atomic E-state index is 0.0234. The van der Waals surface area contributed by atoms with Crippen LogP contribution in [0.3, 0.4) is 0 Å². The van der Waals surface area contributed by atoms with Crippen molar-refractivity contribution in [3.63, 3.8) is 0 Å². The molecule has 0 unspecified atom stereocenters. The van der Waals surface area contributed by atoms with E-state index in [0.29, 0.717) is 11.2 Å². The maximum Gasteiger partial charge on any atom is 0.326 e. The summed E-state index contributed by atoms with van der Waals surface area (Å²) in [7, 11) is 0. The predicted molar refractivity (Wildman–Crippen MR) is 121 cm³/mol. The highest BCUT2D eigenvalue weighted by molar-refractivity contribution is 6.19. The topological polar surface area (TPSA) is 121 Å². The number of nitrogens with one attached hydrogen (secondary N) is 1. The average molecular weight is 492 g/mol. The van der Waals surface area contributed by atoms with Crippen LogP contribution in [0.4, 0.5) is 14.6 Å². The number of aromatic nitrogens is 5. The molecule has 182 valence electrons. The molecule has 5 heterocycles. The number of carbonyl (C=O) groups excluding carboxylic acids is 2. The van der Waals surface area contributed by atoms with E-state index in [2.05, 4.69) is 25.4 Å². The van der Waals surface area contributed by atoms with Crippen molar-refractivity contribution in [2.24, 2.45) is 0 Å². The van der Waals surface area contributed by atoms with Gasteiger partial charge in [0.1, 0.15) is 23.1 Å². The molecule has 1 aromatic carbocycles. The summed E-state index contributed by atoms with van der Waals surface area (Å²) in [6.45, 7) is 1.83. The second-order valence-electron chi connectivity index (χ2n) is 8.38. The van der Waals surface area contributed by atoms with Crippen LogP contribution in [0.25, 0.3) is 22.6 Å². The fraction of sp³-hybridized carbons (Fsp3) is 0.250. The number of benzene rings is 1. The van der Waals surface area contributed by atoms with Gasteiger partial charge in [0.25, 0.3) is 0 Å². The zero-order valence-corrected chi connectivity index (χ0v) is 18.9. The molecular weight excluding hydrogens is 474 g/mol. The van der Waals surface area contributed by atoms with Gasteiger partial charge in [0.05, 0.1) is 36.9 Å². The summed E-state index contributed by atoms with van der Waals surface area (Å²) >= 11 is 0. The summed E-state index contributed by atoms with van der Waals surface area (Å²) in [6, 6.07) is 7.45. The number of ether oxygens (including phenoxy) is 2. The first kappa shape index (κ1) is 22.0. The quantitative estimate of drug-likeness (QED) is 0.334. The number of esters is 1. The van der Waals surface area contributed by atoms with Crippen LogP contribution < -0.4 is 10.1 Å². The number of amides is 1. The van der Waals surface area contributed by atoms with Gasteiger partial charge in [0.15, 0.2) is 16.9 Å². The molecule has 4 aromatic rings. The molecule has 1 N–H and O–H groups in total. The van der Waals surface area contributed by atoms with Gasteiger partial charge < -0.3 is 14.8 Å². The predicted octanol–water partition coefficient (Wildman–Crippen LogP) is 2.75. The van der Waals surface area contributed by atoms with Gasteiger partial charge in [0.2, 0.25) is 11.8 Å². The Bertz CT molecular complexity index is 1570. The highest BCUT2D eigenvalue weighted by Crippen LogP contribution is 2.48. The number of fused-ring (bicyclic) bond motifs is 1. The first-order chi connectivity index (χ1) is 17.4. The minimum Gasteiger partial charge on any atom is -0.477 e. The number of nitrogens with zero attached hydrogens (tertiary/aromatic N) is 5. The van der Waals surface area contributed by atoms with E-state index in [1.54, 1.807) is 25.1 Å². The summed E-state index contributed by atoms with van der Waals surface area (Å²) in [5.74, 6) is -2.15. The Morgan fingerprint density at radius 1 is 1.28 bits per heavy atom.